The van der Waals surface area contributed by atoms with Crippen molar-refractivity contribution in [1.29, 1.82) is 0 Å². The van der Waals surface area contributed by atoms with E-state index in [4.69, 9.17) is 5.73 Å². The van der Waals surface area contributed by atoms with Crippen molar-refractivity contribution >= 4 is 5.82 Å². The normalized spacial score (nSPS) is 21.9. The Hall–Kier alpha value is -1.13. The molecule has 1 atom stereocenters. The van der Waals surface area contributed by atoms with Crippen LogP contribution in [0.3, 0.4) is 0 Å². The van der Waals surface area contributed by atoms with Crippen LogP contribution in [0.1, 0.15) is 18.4 Å². The third-order valence-electron chi connectivity index (χ3n) is 3.53. The van der Waals surface area contributed by atoms with Crippen LogP contribution in [0.4, 0.5) is 5.82 Å². The number of nitrogens with two attached hydrogens (primary N) is 1. The smallest absolute Gasteiger partial charge is 0.127 e. The first-order valence-electron chi connectivity index (χ1n) is 6.25. The molecule has 1 aliphatic heterocycles. The minimum atomic E-state index is 0.666. The molecule has 1 unspecified atom stereocenters. The zero-order valence-corrected chi connectivity index (χ0v) is 10.8. The predicted octanol–water partition coefficient (Wildman–Crippen LogP) is 1.19. The van der Waals surface area contributed by atoms with Gasteiger partial charge in [-0.3, -0.25) is 4.90 Å². The fourth-order valence-corrected chi connectivity index (χ4v) is 2.42. The summed E-state index contributed by atoms with van der Waals surface area (Å²) in [6.45, 7) is 3.21. The number of aromatic nitrogens is 1. The van der Waals surface area contributed by atoms with Crippen LogP contribution in [0.15, 0.2) is 18.3 Å². The standard InChI is InChI=1S/C13H22N4/c1-16(2)12-6-4-8-17(10-12)9-11-5-3-7-15-13(11)14/h3,5,7,12H,4,6,8-10H2,1-2H3,(H2,14,15). The van der Waals surface area contributed by atoms with Crippen LogP contribution in [0.5, 0.6) is 0 Å². The van der Waals surface area contributed by atoms with Crippen LogP contribution >= 0.6 is 0 Å². The number of rotatable bonds is 3. The lowest BCUT2D eigenvalue weighted by atomic mass is 10.0. The molecule has 1 fully saturated rings. The first-order chi connectivity index (χ1) is 8.16. The van der Waals surface area contributed by atoms with Gasteiger partial charge in [0.25, 0.3) is 0 Å². The molecule has 4 nitrogen and oxygen atoms in total. The summed E-state index contributed by atoms with van der Waals surface area (Å²) in [5, 5.41) is 0. The second kappa shape index (κ2) is 5.47. The molecule has 4 heteroatoms. The van der Waals surface area contributed by atoms with E-state index >= 15 is 0 Å². The molecule has 0 bridgehead atoms. The fraction of sp³-hybridized carbons (Fsp3) is 0.615. The number of nitrogens with zero attached hydrogens (tertiary/aromatic N) is 3. The van der Waals surface area contributed by atoms with E-state index in [9.17, 15) is 0 Å². The minimum Gasteiger partial charge on any atom is -0.383 e. The van der Waals surface area contributed by atoms with Crippen molar-refractivity contribution in [2.75, 3.05) is 32.9 Å². The molecule has 0 spiro atoms. The molecular formula is C13H22N4. The fourth-order valence-electron chi connectivity index (χ4n) is 2.42. The number of piperidine rings is 1. The Morgan fingerprint density at radius 3 is 3.06 bits per heavy atom. The van der Waals surface area contributed by atoms with Crippen LogP contribution in [-0.4, -0.2) is 48.0 Å². The average Bonchev–Trinajstić information content (AvgIpc) is 2.32. The lowest BCUT2D eigenvalue weighted by Crippen LogP contribution is -2.44. The summed E-state index contributed by atoms with van der Waals surface area (Å²) in [5.41, 5.74) is 7.03. The largest absolute Gasteiger partial charge is 0.383 e. The Balaban J connectivity index is 1.97. The topological polar surface area (TPSA) is 45.4 Å². The lowest BCUT2D eigenvalue weighted by Gasteiger charge is -2.36. The highest BCUT2D eigenvalue weighted by Gasteiger charge is 2.21. The number of hydrogen-bond acceptors (Lipinski definition) is 4. The lowest BCUT2D eigenvalue weighted by molar-refractivity contribution is 0.128. The number of pyridine rings is 1. The van der Waals surface area contributed by atoms with Crippen LogP contribution in [0, 0.1) is 0 Å². The van der Waals surface area contributed by atoms with Gasteiger partial charge in [-0.25, -0.2) is 4.98 Å². The Kier molecular flexibility index (Phi) is 3.97. The number of likely N-dealkylation sites (tertiary alicyclic amines) is 1. The van der Waals surface area contributed by atoms with Crippen LogP contribution in [-0.2, 0) is 6.54 Å². The van der Waals surface area contributed by atoms with Crippen LogP contribution in [0.25, 0.3) is 0 Å². The SMILES string of the molecule is CN(C)C1CCCN(Cc2cccnc2N)C1. The Morgan fingerprint density at radius 2 is 2.35 bits per heavy atom. The second-order valence-corrected chi connectivity index (χ2v) is 5.04. The molecular weight excluding hydrogens is 212 g/mol. The van der Waals surface area contributed by atoms with Crippen molar-refractivity contribution < 1.29 is 0 Å². The molecule has 2 rings (SSSR count). The van der Waals surface area contributed by atoms with Crippen LogP contribution < -0.4 is 5.73 Å². The monoisotopic (exact) mass is 234 g/mol. The van der Waals surface area contributed by atoms with E-state index < -0.39 is 0 Å². The van der Waals surface area contributed by atoms with E-state index in [-0.39, 0.29) is 0 Å². The predicted molar refractivity (Wildman–Crippen MR) is 70.6 cm³/mol. The van der Waals surface area contributed by atoms with Gasteiger partial charge in [0.1, 0.15) is 5.82 Å². The Morgan fingerprint density at radius 1 is 1.53 bits per heavy atom. The summed E-state index contributed by atoms with van der Waals surface area (Å²) >= 11 is 0. The molecule has 1 aromatic heterocycles. The third kappa shape index (κ3) is 3.17. The van der Waals surface area contributed by atoms with Gasteiger partial charge in [0.15, 0.2) is 0 Å². The van der Waals surface area contributed by atoms with Gasteiger partial charge in [0.2, 0.25) is 0 Å². The summed E-state index contributed by atoms with van der Waals surface area (Å²) in [7, 11) is 4.32. The van der Waals surface area contributed by atoms with E-state index in [0.29, 0.717) is 11.9 Å². The van der Waals surface area contributed by atoms with E-state index in [2.05, 4.69) is 34.9 Å². The Bertz CT molecular complexity index is 364. The maximum atomic E-state index is 5.88. The maximum Gasteiger partial charge on any atom is 0.127 e. The van der Waals surface area contributed by atoms with Gasteiger partial charge in [-0.15, -0.1) is 0 Å². The highest BCUT2D eigenvalue weighted by molar-refractivity contribution is 5.38. The first kappa shape index (κ1) is 12.3. The van der Waals surface area contributed by atoms with Gasteiger partial charge in [-0.2, -0.15) is 0 Å². The molecule has 17 heavy (non-hydrogen) atoms. The molecule has 1 aliphatic rings. The van der Waals surface area contributed by atoms with E-state index in [1.54, 1.807) is 6.20 Å². The molecule has 0 saturated carbocycles. The second-order valence-electron chi connectivity index (χ2n) is 5.04. The maximum absolute atomic E-state index is 5.88. The average molecular weight is 234 g/mol. The molecule has 0 aliphatic carbocycles. The first-order valence-corrected chi connectivity index (χ1v) is 6.25. The summed E-state index contributed by atoms with van der Waals surface area (Å²) in [4.78, 5) is 8.93. The zero-order chi connectivity index (χ0) is 12.3. The van der Waals surface area contributed by atoms with Gasteiger partial charge >= 0.3 is 0 Å². The van der Waals surface area contributed by atoms with E-state index in [0.717, 1.165) is 18.7 Å². The number of likely N-dealkylation sites (N-methyl/N-ethyl adjacent to an activating group) is 1. The molecule has 1 aromatic rings. The molecule has 0 radical (unpaired) electrons. The molecule has 94 valence electrons. The summed E-state index contributed by atoms with van der Waals surface area (Å²) in [6, 6.07) is 4.70. The summed E-state index contributed by atoms with van der Waals surface area (Å²) in [5.74, 6) is 0.666. The Labute approximate surface area is 103 Å². The van der Waals surface area contributed by atoms with Crippen molar-refractivity contribution in [3.05, 3.63) is 23.9 Å². The molecule has 1 saturated heterocycles. The molecule has 2 heterocycles. The molecule has 0 amide bonds. The van der Waals surface area contributed by atoms with Crippen LogP contribution in [0.2, 0.25) is 0 Å². The quantitative estimate of drug-likeness (QED) is 0.853. The third-order valence-corrected chi connectivity index (χ3v) is 3.53. The van der Waals surface area contributed by atoms with Gasteiger partial charge < -0.3 is 10.6 Å². The summed E-state index contributed by atoms with van der Waals surface area (Å²) < 4.78 is 0. The van der Waals surface area contributed by atoms with E-state index in [1.807, 2.05) is 6.07 Å². The number of anilines is 1. The number of hydrogen-bond donors (Lipinski definition) is 1. The minimum absolute atomic E-state index is 0.666. The van der Waals surface area contributed by atoms with Crippen molar-refractivity contribution in [2.45, 2.75) is 25.4 Å². The van der Waals surface area contributed by atoms with Gasteiger partial charge in [0.05, 0.1) is 0 Å². The van der Waals surface area contributed by atoms with Gasteiger partial charge in [-0.05, 0) is 39.5 Å². The number of nitrogen functional groups attached to an aromatic ring is 1. The molecule has 2 N–H and O–H groups in total. The van der Waals surface area contributed by atoms with E-state index in [1.165, 1.54) is 19.4 Å². The molecule has 0 aromatic carbocycles. The highest BCUT2D eigenvalue weighted by Crippen LogP contribution is 2.18. The van der Waals surface area contributed by atoms with Crippen molar-refractivity contribution in [3.63, 3.8) is 0 Å². The summed E-state index contributed by atoms with van der Waals surface area (Å²) in [6.07, 6.45) is 4.31. The highest BCUT2D eigenvalue weighted by atomic mass is 15.2. The zero-order valence-electron chi connectivity index (χ0n) is 10.8. The van der Waals surface area contributed by atoms with Gasteiger partial charge in [0, 0.05) is 30.9 Å². The van der Waals surface area contributed by atoms with Gasteiger partial charge in [-0.1, -0.05) is 6.07 Å². The van der Waals surface area contributed by atoms with Crippen molar-refractivity contribution in [2.24, 2.45) is 0 Å². The van der Waals surface area contributed by atoms with Crippen molar-refractivity contribution in [1.82, 2.24) is 14.8 Å². The van der Waals surface area contributed by atoms with Crippen molar-refractivity contribution in [3.8, 4) is 0 Å².